The Morgan fingerprint density at radius 3 is 1.83 bits per heavy atom. The van der Waals surface area contributed by atoms with Gasteiger partial charge >= 0.3 is 0 Å². The number of amides is 2. The molecule has 2 aromatic carbocycles. The zero-order valence-corrected chi connectivity index (χ0v) is 14.9. The smallest absolute Gasteiger partial charge is 0.237 e. The van der Waals surface area contributed by atoms with Crippen LogP contribution in [0.15, 0.2) is 48.5 Å². The van der Waals surface area contributed by atoms with E-state index >= 15 is 0 Å². The van der Waals surface area contributed by atoms with Gasteiger partial charge in [0.2, 0.25) is 11.8 Å². The second-order valence-corrected chi connectivity index (χ2v) is 7.05. The van der Waals surface area contributed by atoms with Crippen molar-refractivity contribution in [3.63, 3.8) is 0 Å². The molecule has 0 saturated heterocycles. The fraction of sp³-hybridized carbons (Fsp3) is 0.263. The lowest BCUT2D eigenvalue weighted by atomic mass is 10.2. The highest BCUT2D eigenvalue weighted by Crippen LogP contribution is 2.16. The first-order chi connectivity index (χ1) is 11.4. The summed E-state index contributed by atoms with van der Waals surface area (Å²) in [5.74, 6) is 0.0157. The third kappa shape index (κ3) is 5.74. The molecule has 1 unspecified atom stereocenters. The summed E-state index contributed by atoms with van der Waals surface area (Å²) in [5, 5.41) is 5.37. The molecule has 0 heterocycles. The molecule has 0 aliphatic carbocycles. The molecule has 4 nitrogen and oxygen atoms in total. The summed E-state index contributed by atoms with van der Waals surface area (Å²) in [5.41, 5.74) is 3.82. The normalized spacial score (nSPS) is 11.6. The minimum Gasteiger partial charge on any atom is -0.325 e. The molecule has 0 saturated carbocycles. The Bertz CT molecular complexity index is 696. The fourth-order valence-electron chi connectivity index (χ4n) is 1.99. The lowest BCUT2D eigenvalue weighted by Crippen LogP contribution is -2.25. The molecule has 0 bridgehead atoms. The van der Waals surface area contributed by atoms with Crippen LogP contribution < -0.4 is 10.6 Å². The summed E-state index contributed by atoms with van der Waals surface area (Å²) >= 11 is 1.31. The molecule has 2 amide bonds. The van der Waals surface area contributed by atoms with Crippen molar-refractivity contribution in [1.82, 2.24) is 0 Å². The van der Waals surface area contributed by atoms with Crippen molar-refractivity contribution in [2.24, 2.45) is 0 Å². The second kappa shape index (κ2) is 8.55. The maximum absolute atomic E-state index is 12.1. The SMILES string of the molecule is Cc1ccc(NC(=O)CSC(C)C(=O)Nc2ccc(C)cc2)cc1. The van der Waals surface area contributed by atoms with Crippen molar-refractivity contribution in [1.29, 1.82) is 0 Å². The van der Waals surface area contributed by atoms with Crippen molar-refractivity contribution in [3.8, 4) is 0 Å². The number of anilines is 2. The maximum Gasteiger partial charge on any atom is 0.237 e. The van der Waals surface area contributed by atoms with Gasteiger partial charge < -0.3 is 10.6 Å². The molecule has 0 fully saturated rings. The minimum absolute atomic E-state index is 0.105. The van der Waals surface area contributed by atoms with E-state index in [0.717, 1.165) is 22.5 Å². The van der Waals surface area contributed by atoms with Gasteiger partial charge in [-0.25, -0.2) is 0 Å². The predicted octanol–water partition coefficient (Wildman–Crippen LogP) is 4.00. The van der Waals surface area contributed by atoms with Crippen molar-refractivity contribution < 1.29 is 9.59 Å². The van der Waals surface area contributed by atoms with Gasteiger partial charge in [-0.15, -0.1) is 11.8 Å². The maximum atomic E-state index is 12.1. The van der Waals surface area contributed by atoms with Gasteiger partial charge in [-0.05, 0) is 45.0 Å². The topological polar surface area (TPSA) is 58.2 Å². The summed E-state index contributed by atoms with van der Waals surface area (Å²) < 4.78 is 0. The summed E-state index contributed by atoms with van der Waals surface area (Å²) in [6.45, 7) is 5.79. The third-order valence-corrected chi connectivity index (χ3v) is 4.63. The highest BCUT2D eigenvalue weighted by atomic mass is 32.2. The lowest BCUT2D eigenvalue weighted by molar-refractivity contribution is -0.115. The van der Waals surface area contributed by atoms with E-state index in [9.17, 15) is 9.59 Å². The third-order valence-electron chi connectivity index (χ3n) is 3.49. The van der Waals surface area contributed by atoms with Crippen LogP contribution in [0.25, 0.3) is 0 Å². The Kier molecular flexibility index (Phi) is 6.44. The van der Waals surface area contributed by atoms with Gasteiger partial charge in [0.1, 0.15) is 0 Å². The highest BCUT2D eigenvalue weighted by Gasteiger charge is 2.15. The van der Waals surface area contributed by atoms with Gasteiger partial charge in [0, 0.05) is 11.4 Å². The Balaban J connectivity index is 1.77. The number of rotatable bonds is 6. The first kappa shape index (κ1) is 18.1. The van der Waals surface area contributed by atoms with E-state index in [4.69, 9.17) is 0 Å². The molecular weight excluding hydrogens is 320 g/mol. The number of benzene rings is 2. The Morgan fingerprint density at radius 1 is 0.875 bits per heavy atom. The van der Waals surface area contributed by atoms with Gasteiger partial charge in [0.25, 0.3) is 0 Å². The van der Waals surface area contributed by atoms with E-state index in [1.165, 1.54) is 11.8 Å². The van der Waals surface area contributed by atoms with Crippen molar-refractivity contribution in [2.45, 2.75) is 26.0 Å². The van der Waals surface area contributed by atoms with Crippen LogP contribution in [0.4, 0.5) is 11.4 Å². The van der Waals surface area contributed by atoms with Crippen LogP contribution in [0, 0.1) is 13.8 Å². The van der Waals surface area contributed by atoms with Crippen molar-refractivity contribution >= 4 is 35.0 Å². The van der Waals surface area contributed by atoms with E-state index < -0.39 is 0 Å². The predicted molar refractivity (Wildman–Crippen MR) is 102 cm³/mol. The van der Waals surface area contributed by atoms with Crippen LogP contribution in [0.2, 0.25) is 0 Å². The first-order valence-corrected chi connectivity index (χ1v) is 8.84. The Morgan fingerprint density at radius 2 is 1.33 bits per heavy atom. The van der Waals surface area contributed by atoms with Crippen LogP contribution in [0.5, 0.6) is 0 Å². The standard InChI is InChI=1S/C19H22N2O2S/c1-13-4-8-16(9-5-13)20-18(22)12-24-15(3)19(23)21-17-10-6-14(2)7-11-17/h4-11,15H,12H2,1-3H3,(H,20,22)(H,21,23). The largest absolute Gasteiger partial charge is 0.325 e. The number of hydrogen-bond donors (Lipinski definition) is 2. The Hall–Kier alpha value is -2.27. The average Bonchev–Trinajstić information content (AvgIpc) is 2.57. The van der Waals surface area contributed by atoms with Crippen molar-refractivity contribution in [3.05, 3.63) is 59.7 Å². The number of nitrogens with one attached hydrogen (secondary N) is 2. The second-order valence-electron chi connectivity index (χ2n) is 5.72. The number of hydrogen-bond acceptors (Lipinski definition) is 3. The summed E-state index contributed by atoms with van der Waals surface area (Å²) in [6.07, 6.45) is 0. The van der Waals surface area contributed by atoms with E-state index in [-0.39, 0.29) is 22.8 Å². The van der Waals surface area contributed by atoms with E-state index in [1.54, 1.807) is 6.92 Å². The lowest BCUT2D eigenvalue weighted by Gasteiger charge is -2.12. The summed E-state index contributed by atoms with van der Waals surface area (Å²) in [7, 11) is 0. The van der Waals surface area contributed by atoms with Crippen LogP contribution in [-0.2, 0) is 9.59 Å². The molecule has 24 heavy (non-hydrogen) atoms. The summed E-state index contributed by atoms with van der Waals surface area (Å²) in [6, 6.07) is 15.3. The van der Waals surface area contributed by atoms with Gasteiger partial charge in [-0.3, -0.25) is 9.59 Å². The molecule has 0 radical (unpaired) electrons. The van der Waals surface area contributed by atoms with Crippen molar-refractivity contribution in [2.75, 3.05) is 16.4 Å². The molecule has 2 aromatic rings. The van der Waals surface area contributed by atoms with Gasteiger partial charge in [-0.2, -0.15) is 0 Å². The van der Waals surface area contributed by atoms with Gasteiger partial charge in [0.15, 0.2) is 0 Å². The number of aryl methyl sites for hydroxylation is 2. The first-order valence-electron chi connectivity index (χ1n) is 7.79. The van der Waals surface area contributed by atoms with Crippen LogP contribution >= 0.6 is 11.8 Å². The van der Waals surface area contributed by atoms with Crippen LogP contribution in [0.1, 0.15) is 18.1 Å². The Labute approximate surface area is 147 Å². The number of carbonyl (C=O) groups excluding carboxylic acids is 2. The van der Waals surface area contributed by atoms with E-state index in [1.807, 2.05) is 62.4 Å². The van der Waals surface area contributed by atoms with Crippen LogP contribution in [-0.4, -0.2) is 22.8 Å². The molecule has 5 heteroatoms. The van der Waals surface area contributed by atoms with Crippen LogP contribution in [0.3, 0.4) is 0 Å². The molecule has 0 aliphatic heterocycles. The fourth-order valence-corrected chi connectivity index (χ4v) is 2.67. The zero-order valence-electron chi connectivity index (χ0n) is 14.1. The highest BCUT2D eigenvalue weighted by molar-refractivity contribution is 8.01. The zero-order chi connectivity index (χ0) is 17.5. The quantitative estimate of drug-likeness (QED) is 0.834. The molecule has 1 atom stereocenters. The van der Waals surface area contributed by atoms with Gasteiger partial charge in [0.05, 0.1) is 11.0 Å². The molecular formula is C19H22N2O2S. The monoisotopic (exact) mass is 342 g/mol. The molecule has 0 spiro atoms. The van der Waals surface area contributed by atoms with E-state index in [2.05, 4.69) is 10.6 Å². The minimum atomic E-state index is -0.310. The van der Waals surface area contributed by atoms with Gasteiger partial charge in [-0.1, -0.05) is 35.4 Å². The number of carbonyl (C=O) groups is 2. The number of thioether (sulfide) groups is 1. The molecule has 0 aliphatic rings. The van der Waals surface area contributed by atoms with E-state index in [0.29, 0.717) is 0 Å². The average molecular weight is 342 g/mol. The molecule has 2 N–H and O–H groups in total. The summed E-state index contributed by atoms with van der Waals surface area (Å²) in [4.78, 5) is 24.1. The molecule has 0 aromatic heterocycles. The molecule has 126 valence electrons. The molecule has 2 rings (SSSR count).